The van der Waals surface area contributed by atoms with Crippen LogP contribution in [-0.2, 0) is 0 Å². The number of ether oxygens (including phenoxy) is 1. The Labute approximate surface area is 167 Å². The van der Waals surface area contributed by atoms with Gasteiger partial charge in [0, 0.05) is 11.3 Å². The first-order valence-corrected chi connectivity index (χ1v) is 8.68. The number of aliphatic imine (C=N–C) groups is 2. The number of amides is 1. The third-order valence-electron chi connectivity index (χ3n) is 3.69. The molecule has 0 aromatic heterocycles. The zero-order valence-electron chi connectivity index (χ0n) is 15.4. The predicted molar refractivity (Wildman–Crippen MR) is 114 cm³/mol. The van der Waals surface area contributed by atoms with E-state index in [4.69, 9.17) is 21.9 Å². The topological polar surface area (TPSA) is 141 Å². The van der Waals surface area contributed by atoms with Gasteiger partial charge in [0.2, 0.25) is 5.96 Å². The van der Waals surface area contributed by atoms with E-state index in [1.807, 2.05) is 30.3 Å². The van der Waals surface area contributed by atoms with Crippen LogP contribution in [-0.4, -0.2) is 17.8 Å². The lowest BCUT2D eigenvalue weighted by molar-refractivity contribution is 0.102. The number of rotatable bonds is 5. The molecule has 146 valence electrons. The Morgan fingerprint density at radius 3 is 2.21 bits per heavy atom. The van der Waals surface area contributed by atoms with Gasteiger partial charge >= 0.3 is 0 Å². The van der Waals surface area contributed by atoms with Gasteiger partial charge in [-0.1, -0.05) is 24.3 Å². The molecule has 0 aliphatic rings. The number of guanidine groups is 2. The van der Waals surface area contributed by atoms with Crippen molar-refractivity contribution < 1.29 is 9.53 Å². The Balaban J connectivity index is 1.67. The normalized spacial score (nSPS) is 10.8. The Hall–Kier alpha value is -4.33. The summed E-state index contributed by atoms with van der Waals surface area (Å²) < 4.78 is 5.74. The van der Waals surface area contributed by atoms with Gasteiger partial charge in [0.1, 0.15) is 11.5 Å². The summed E-state index contributed by atoms with van der Waals surface area (Å²) in [7, 11) is 0. The van der Waals surface area contributed by atoms with Gasteiger partial charge in [-0.2, -0.15) is 4.99 Å². The first kappa shape index (κ1) is 19.4. The molecule has 0 spiro atoms. The van der Waals surface area contributed by atoms with Crippen molar-refractivity contribution >= 4 is 29.2 Å². The highest BCUT2D eigenvalue weighted by atomic mass is 16.5. The summed E-state index contributed by atoms with van der Waals surface area (Å²) >= 11 is 0. The summed E-state index contributed by atoms with van der Waals surface area (Å²) in [6, 6.07) is 23.1. The fraction of sp³-hybridized carbons (Fsp3) is 0. The second kappa shape index (κ2) is 9.05. The van der Waals surface area contributed by atoms with E-state index >= 15 is 0 Å². The highest BCUT2D eigenvalue weighted by Crippen LogP contribution is 2.23. The van der Waals surface area contributed by atoms with E-state index in [1.54, 1.807) is 48.5 Å². The van der Waals surface area contributed by atoms with Crippen molar-refractivity contribution in [2.24, 2.45) is 27.2 Å². The molecule has 0 saturated carbocycles. The van der Waals surface area contributed by atoms with Crippen LogP contribution in [0.25, 0.3) is 0 Å². The molecule has 0 fully saturated rings. The van der Waals surface area contributed by atoms with Crippen LogP contribution >= 0.6 is 0 Å². The second-order valence-corrected chi connectivity index (χ2v) is 5.95. The van der Waals surface area contributed by atoms with Crippen molar-refractivity contribution in [3.63, 3.8) is 0 Å². The van der Waals surface area contributed by atoms with E-state index in [-0.39, 0.29) is 17.8 Å². The van der Waals surface area contributed by atoms with Crippen LogP contribution in [0.1, 0.15) is 10.4 Å². The van der Waals surface area contributed by atoms with Gasteiger partial charge in [0.15, 0.2) is 5.96 Å². The van der Waals surface area contributed by atoms with Crippen molar-refractivity contribution in [2.45, 2.75) is 0 Å². The number of nitrogens with one attached hydrogen (secondary N) is 1. The van der Waals surface area contributed by atoms with Crippen molar-refractivity contribution in [3.8, 4) is 11.5 Å². The number of anilines is 1. The fourth-order valence-electron chi connectivity index (χ4n) is 2.44. The van der Waals surface area contributed by atoms with Crippen molar-refractivity contribution in [1.82, 2.24) is 0 Å². The third-order valence-corrected chi connectivity index (χ3v) is 3.69. The largest absolute Gasteiger partial charge is 0.457 e. The maximum absolute atomic E-state index is 12.5. The first-order chi connectivity index (χ1) is 14.0. The molecule has 3 aromatic rings. The summed E-state index contributed by atoms with van der Waals surface area (Å²) in [5.41, 5.74) is 17.6. The quantitative estimate of drug-likeness (QED) is 0.393. The minimum atomic E-state index is -0.292. The zero-order chi connectivity index (χ0) is 20.6. The van der Waals surface area contributed by atoms with Gasteiger partial charge in [0.05, 0.1) is 5.69 Å². The van der Waals surface area contributed by atoms with E-state index in [2.05, 4.69) is 15.3 Å². The Morgan fingerprint density at radius 2 is 1.52 bits per heavy atom. The van der Waals surface area contributed by atoms with E-state index < -0.39 is 0 Å². The van der Waals surface area contributed by atoms with Gasteiger partial charge in [-0.15, -0.1) is 0 Å². The van der Waals surface area contributed by atoms with Crippen LogP contribution in [0.5, 0.6) is 11.5 Å². The Bertz CT molecular complexity index is 1040. The molecule has 0 saturated heterocycles. The summed E-state index contributed by atoms with van der Waals surface area (Å²) in [4.78, 5) is 20.2. The molecule has 8 nitrogen and oxygen atoms in total. The molecule has 29 heavy (non-hydrogen) atoms. The number of para-hydroxylation sites is 1. The maximum Gasteiger partial charge on any atom is 0.255 e. The van der Waals surface area contributed by atoms with Gasteiger partial charge in [-0.05, 0) is 54.6 Å². The molecule has 3 aromatic carbocycles. The molecule has 7 N–H and O–H groups in total. The highest BCUT2D eigenvalue weighted by molar-refractivity contribution is 6.05. The Morgan fingerprint density at radius 1 is 0.828 bits per heavy atom. The van der Waals surface area contributed by atoms with E-state index in [9.17, 15) is 4.79 Å². The maximum atomic E-state index is 12.5. The summed E-state index contributed by atoms with van der Waals surface area (Å²) in [5.74, 6) is 0.818. The molecule has 0 aliphatic heterocycles. The van der Waals surface area contributed by atoms with Crippen LogP contribution in [0.15, 0.2) is 88.8 Å². The van der Waals surface area contributed by atoms with Crippen LogP contribution < -0.4 is 27.3 Å². The second-order valence-electron chi connectivity index (χ2n) is 5.95. The smallest absolute Gasteiger partial charge is 0.255 e. The minimum Gasteiger partial charge on any atom is -0.457 e. The average Bonchev–Trinajstić information content (AvgIpc) is 2.70. The average molecular weight is 388 g/mol. The predicted octanol–water partition coefficient (Wildman–Crippen LogP) is 2.95. The number of nitrogens with two attached hydrogens (primary N) is 3. The number of hydrogen-bond donors (Lipinski definition) is 4. The summed E-state index contributed by atoms with van der Waals surface area (Å²) in [5, 5.41) is 2.82. The highest BCUT2D eigenvalue weighted by Gasteiger charge is 2.07. The minimum absolute atomic E-state index is 0.100. The van der Waals surface area contributed by atoms with Gasteiger partial charge in [0.25, 0.3) is 5.91 Å². The molecule has 0 aliphatic carbocycles. The van der Waals surface area contributed by atoms with Crippen molar-refractivity contribution in [3.05, 3.63) is 84.4 Å². The third kappa shape index (κ3) is 5.83. The number of nitrogens with zero attached hydrogens (tertiary/aromatic N) is 2. The number of carbonyl (C=O) groups excluding carboxylic acids is 1. The molecular formula is C21H20N6O2. The zero-order valence-corrected chi connectivity index (χ0v) is 15.4. The Kier molecular flexibility index (Phi) is 6.06. The first-order valence-electron chi connectivity index (χ1n) is 8.68. The number of hydrogen-bond acceptors (Lipinski definition) is 3. The molecule has 3 rings (SSSR count). The molecule has 0 unspecified atom stereocenters. The molecule has 0 atom stereocenters. The van der Waals surface area contributed by atoms with Gasteiger partial charge < -0.3 is 27.3 Å². The number of carbonyl (C=O) groups is 1. The fourth-order valence-corrected chi connectivity index (χ4v) is 2.44. The van der Waals surface area contributed by atoms with Crippen LogP contribution in [0.2, 0.25) is 0 Å². The van der Waals surface area contributed by atoms with Gasteiger partial charge in [-0.3, -0.25) is 4.79 Å². The molecule has 0 radical (unpaired) electrons. The standard InChI is InChI=1S/C21H20N6O2/c22-20(23)27-21(24)26-16-6-4-5-14(13-16)19(28)25-15-9-11-18(12-10-15)29-17-7-2-1-3-8-17/h1-13H,(H,25,28)(H6,22,23,24,26,27). The summed E-state index contributed by atoms with van der Waals surface area (Å²) in [6.07, 6.45) is 0. The lowest BCUT2D eigenvalue weighted by Gasteiger charge is -2.08. The molecule has 1 amide bonds. The molecular weight excluding hydrogens is 368 g/mol. The number of benzene rings is 3. The van der Waals surface area contributed by atoms with Gasteiger partial charge in [-0.25, -0.2) is 4.99 Å². The van der Waals surface area contributed by atoms with Crippen molar-refractivity contribution in [2.75, 3.05) is 5.32 Å². The van der Waals surface area contributed by atoms with E-state index in [1.165, 1.54) is 0 Å². The van der Waals surface area contributed by atoms with Crippen LogP contribution in [0.4, 0.5) is 11.4 Å². The lowest BCUT2D eigenvalue weighted by Crippen LogP contribution is -2.26. The molecule has 8 heteroatoms. The monoisotopic (exact) mass is 388 g/mol. The van der Waals surface area contributed by atoms with Crippen LogP contribution in [0, 0.1) is 0 Å². The van der Waals surface area contributed by atoms with E-state index in [0.29, 0.717) is 22.7 Å². The lowest BCUT2D eigenvalue weighted by atomic mass is 10.2. The molecule has 0 heterocycles. The van der Waals surface area contributed by atoms with E-state index in [0.717, 1.165) is 5.75 Å². The summed E-state index contributed by atoms with van der Waals surface area (Å²) in [6.45, 7) is 0. The SMILES string of the molecule is NC(N)=NC(N)=Nc1cccc(C(=O)Nc2ccc(Oc3ccccc3)cc2)c1. The van der Waals surface area contributed by atoms with Crippen LogP contribution in [0.3, 0.4) is 0 Å². The molecule has 0 bridgehead atoms. The van der Waals surface area contributed by atoms with Crippen molar-refractivity contribution in [1.29, 1.82) is 0 Å².